The molecule has 20 heavy (non-hydrogen) atoms. The molecule has 0 aromatic heterocycles. The van der Waals surface area contributed by atoms with Gasteiger partial charge in [-0.05, 0) is 48.6 Å². The fourth-order valence-corrected chi connectivity index (χ4v) is 3.06. The minimum Gasteiger partial charge on any atom is -0.353 e. The van der Waals surface area contributed by atoms with E-state index >= 15 is 0 Å². The van der Waals surface area contributed by atoms with Crippen LogP contribution in [0.5, 0.6) is 0 Å². The Balaban J connectivity index is 1.74. The maximum absolute atomic E-state index is 12.0. The molecular formula is C18H27NO. The highest BCUT2D eigenvalue weighted by molar-refractivity contribution is 5.76. The van der Waals surface area contributed by atoms with Gasteiger partial charge < -0.3 is 5.32 Å². The van der Waals surface area contributed by atoms with Gasteiger partial charge in [-0.15, -0.1) is 0 Å². The van der Waals surface area contributed by atoms with Crippen LogP contribution in [-0.4, -0.2) is 11.9 Å². The SMILES string of the molecule is CCc1ccc(CCC(=O)NC2CCC(C)(C)C2)cc1. The third-order valence-corrected chi connectivity index (χ3v) is 4.41. The molecule has 2 heteroatoms. The number of hydrogen-bond donors (Lipinski definition) is 1. The molecule has 1 aromatic carbocycles. The number of carbonyl (C=O) groups excluding carboxylic acids is 1. The highest BCUT2D eigenvalue weighted by atomic mass is 16.1. The molecule has 1 aliphatic rings. The van der Waals surface area contributed by atoms with Crippen LogP contribution < -0.4 is 5.32 Å². The molecule has 1 fully saturated rings. The number of carbonyl (C=O) groups is 1. The molecule has 0 heterocycles. The van der Waals surface area contributed by atoms with Gasteiger partial charge >= 0.3 is 0 Å². The van der Waals surface area contributed by atoms with Crippen molar-refractivity contribution in [3.05, 3.63) is 35.4 Å². The number of rotatable bonds is 5. The summed E-state index contributed by atoms with van der Waals surface area (Å²) < 4.78 is 0. The molecular weight excluding hydrogens is 246 g/mol. The maximum Gasteiger partial charge on any atom is 0.220 e. The molecule has 1 atom stereocenters. The number of amides is 1. The van der Waals surface area contributed by atoms with E-state index in [0.29, 0.717) is 17.9 Å². The van der Waals surface area contributed by atoms with E-state index in [2.05, 4.69) is 50.4 Å². The molecule has 0 radical (unpaired) electrons. The summed E-state index contributed by atoms with van der Waals surface area (Å²) in [7, 11) is 0. The largest absolute Gasteiger partial charge is 0.353 e. The van der Waals surface area contributed by atoms with Gasteiger partial charge in [0.05, 0.1) is 0 Å². The predicted octanol–water partition coefficient (Wildman–Crippen LogP) is 3.88. The van der Waals surface area contributed by atoms with Gasteiger partial charge in [-0.3, -0.25) is 4.79 Å². The van der Waals surface area contributed by atoms with Crippen molar-refractivity contribution < 1.29 is 4.79 Å². The standard InChI is InChI=1S/C18H27NO/c1-4-14-5-7-15(8-6-14)9-10-17(20)19-16-11-12-18(2,3)13-16/h5-8,16H,4,9-13H2,1-3H3,(H,19,20). The van der Waals surface area contributed by atoms with E-state index < -0.39 is 0 Å². The zero-order valence-corrected chi connectivity index (χ0v) is 13.0. The van der Waals surface area contributed by atoms with Crippen LogP contribution in [0.1, 0.15) is 57.6 Å². The Bertz CT molecular complexity index is 447. The van der Waals surface area contributed by atoms with Gasteiger partial charge in [0.25, 0.3) is 0 Å². The zero-order valence-electron chi connectivity index (χ0n) is 13.0. The second kappa shape index (κ2) is 6.43. The molecule has 0 saturated heterocycles. The van der Waals surface area contributed by atoms with E-state index in [1.807, 2.05) is 0 Å². The lowest BCUT2D eigenvalue weighted by atomic mass is 9.92. The first-order valence-electron chi connectivity index (χ1n) is 7.86. The van der Waals surface area contributed by atoms with Crippen molar-refractivity contribution in [2.75, 3.05) is 0 Å². The predicted molar refractivity (Wildman–Crippen MR) is 83.7 cm³/mol. The van der Waals surface area contributed by atoms with Crippen LogP contribution in [0, 0.1) is 5.41 Å². The van der Waals surface area contributed by atoms with Gasteiger partial charge in [-0.1, -0.05) is 45.0 Å². The molecule has 0 bridgehead atoms. The Labute approximate surface area is 123 Å². The molecule has 1 aliphatic carbocycles. The molecule has 0 spiro atoms. The maximum atomic E-state index is 12.0. The molecule has 1 aromatic rings. The van der Waals surface area contributed by atoms with Gasteiger partial charge in [0.1, 0.15) is 0 Å². The lowest BCUT2D eigenvalue weighted by molar-refractivity contribution is -0.121. The number of nitrogens with one attached hydrogen (secondary N) is 1. The van der Waals surface area contributed by atoms with Crippen molar-refractivity contribution in [2.45, 2.75) is 65.3 Å². The molecule has 110 valence electrons. The molecule has 2 nitrogen and oxygen atoms in total. The van der Waals surface area contributed by atoms with Crippen LogP contribution in [0.3, 0.4) is 0 Å². The fourth-order valence-electron chi connectivity index (χ4n) is 3.06. The lowest BCUT2D eigenvalue weighted by Gasteiger charge is -2.17. The van der Waals surface area contributed by atoms with Crippen LogP contribution in [0.15, 0.2) is 24.3 Å². The normalized spacial score (nSPS) is 20.9. The topological polar surface area (TPSA) is 29.1 Å². The summed E-state index contributed by atoms with van der Waals surface area (Å²) in [5, 5.41) is 3.19. The lowest BCUT2D eigenvalue weighted by Crippen LogP contribution is -2.33. The van der Waals surface area contributed by atoms with Crippen LogP contribution in [-0.2, 0) is 17.6 Å². The quantitative estimate of drug-likeness (QED) is 0.866. The van der Waals surface area contributed by atoms with Gasteiger partial charge in [-0.2, -0.15) is 0 Å². The zero-order chi connectivity index (χ0) is 14.6. The van der Waals surface area contributed by atoms with Crippen molar-refractivity contribution in [2.24, 2.45) is 5.41 Å². The van der Waals surface area contributed by atoms with Crippen LogP contribution >= 0.6 is 0 Å². The van der Waals surface area contributed by atoms with E-state index in [1.165, 1.54) is 17.5 Å². The molecule has 1 unspecified atom stereocenters. The van der Waals surface area contributed by atoms with Gasteiger partial charge in [0.2, 0.25) is 5.91 Å². The molecule has 0 aliphatic heterocycles. The first-order valence-corrected chi connectivity index (χ1v) is 7.86. The van der Waals surface area contributed by atoms with Crippen molar-refractivity contribution in [1.29, 1.82) is 0 Å². The second-order valence-corrected chi connectivity index (χ2v) is 6.84. The van der Waals surface area contributed by atoms with Gasteiger partial charge in [0, 0.05) is 12.5 Å². The third kappa shape index (κ3) is 4.36. The van der Waals surface area contributed by atoms with Gasteiger partial charge in [0.15, 0.2) is 0 Å². The highest BCUT2D eigenvalue weighted by Gasteiger charge is 2.31. The Morgan fingerprint density at radius 1 is 1.25 bits per heavy atom. The average molecular weight is 273 g/mol. The minimum atomic E-state index is 0.201. The smallest absolute Gasteiger partial charge is 0.220 e. The highest BCUT2D eigenvalue weighted by Crippen LogP contribution is 2.36. The summed E-state index contributed by atoms with van der Waals surface area (Å²) in [5.41, 5.74) is 3.00. The monoisotopic (exact) mass is 273 g/mol. The molecule has 1 N–H and O–H groups in total. The summed E-state index contributed by atoms with van der Waals surface area (Å²) in [6, 6.07) is 9.00. The van der Waals surface area contributed by atoms with E-state index in [4.69, 9.17) is 0 Å². The average Bonchev–Trinajstić information content (AvgIpc) is 2.76. The van der Waals surface area contributed by atoms with Gasteiger partial charge in [-0.25, -0.2) is 0 Å². The van der Waals surface area contributed by atoms with Crippen LogP contribution in [0.25, 0.3) is 0 Å². The first kappa shape index (κ1) is 15.1. The van der Waals surface area contributed by atoms with Crippen molar-refractivity contribution in [3.63, 3.8) is 0 Å². The summed E-state index contributed by atoms with van der Waals surface area (Å²) in [4.78, 5) is 12.0. The number of benzene rings is 1. The first-order chi connectivity index (χ1) is 9.48. The fraction of sp³-hybridized carbons (Fsp3) is 0.611. The second-order valence-electron chi connectivity index (χ2n) is 6.84. The number of aryl methyl sites for hydroxylation is 2. The summed E-state index contributed by atoms with van der Waals surface area (Å²) in [6.07, 6.45) is 5.97. The van der Waals surface area contributed by atoms with E-state index in [-0.39, 0.29) is 5.91 Å². The van der Waals surface area contributed by atoms with Crippen LogP contribution in [0.2, 0.25) is 0 Å². The van der Waals surface area contributed by atoms with E-state index in [1.54, 1.807) is 0 Å². The minimum absolute atomic E-state index is 0.201. The van der Waals surface area contributed by atoms with Crippen LogP contribution in [0.4, 0.5) is 0 Å². The molecule has 2 rings (SSSR count). The van der Waals surface area contributed by atoms with Crippen molar-refractivity contribution >= 4 is 5.91 Å². The van der Waals surface area contributed by atoms with E-state index in [9.17, 15) is 4.79 Å². The third-order valence-electron chi connectivity index (χ3n) is 4.41. The van der Waals surface area contributed by atoms with E-state index in [0.717, 1.165) is 25.7 Å². The summed E-state index contributed by atoms with van der Waals surface area (Å²) >= 11 is 0. The molecule has 1 saturated carbocycles. The summed E-state index contributed by atoms with van der Waals surface area (Å²) in [5.74, 6) is 0.201. The Hall–Kier alpha value is -1.31. The van der Waals surface area contributed by atoms with Crippen molar-refractivity contribution in [1.82, 2.24) is 5.32 Å². The summed E-state index contributed by atoms with van der Waals surface area (Å²) in [6.45, 7) is 6.73. The Morgan fingerprint density at radius 3 is 2.45 bits per heavy atom. The number of hydrogen-bond acceptors (Lipinski definition) is 1. The Morgan fingerprint density at radius 2 is 1.90 bits per heavy atom. The van der Waals surface area contributed by atoms with Crippen molar-refractivity contribution in [3.8, 4) is 0 Å². The Kier molecular flexibility index (Phi) is 4.85. The molecule has 1 amide bonds.